The normalized spacial score (nSPS) is 23.8. The molecule has 0 N–H and O–H groups in total. The molecule has 2 aromatic carbocycles. The Morgan fingerprint density at radius 2 is 1.68 bits per heavy atom. The summed E-state index contributed by atoms with van der Waals surface area (Å²) in [7, 11) is -3.61. The summed E-state index contributed by atoms with van der Waals surface area (Å²) in [6, 6.07) is 10.6. The van der Waals surface area contributed by atoms with E-state index in [4.69, 9.17) is 16.3 Å². The second-order valence-electron chi connectivity index (χ2n) is 5.67. The van der Waals surface area contributed by atoms with Crippen LogP contribution < -0.4 is 0 Å². The zero-order valence-electron chi connectivity index (χ0n) is 12.5. The average Bonchev–Trinajstić information content (AvgIpc) is 2.46. The second kappa shape index (κ2) is 5.81. The monoisotopic (exact) mass is 339 g/mol. The second-order valence-corrected chi connectivity index (χ2v) is 7.99. The quantitative estimate of drug-likeness (QED) is 0.843. The van der Waals surface area contributed by atoms with Gasteiger partial charge in [-0.1, -0.05) is 35.9 Å². The number of rotatable bonds is 2. The van der Waals surface area contributed by atoms with Crippen molar-refractivity contribution in [1.82, 2.24) is 4.31 Å². The molecule has 2 aromatic rings. The number of ether oxygens (including phenoxy) is 1. The molecule has 0 bridgehead atoms. The summed E-state index contributed by atoms with van der Waals surface area (Å²) < 4.78 is 33.2. The number of halogens is 1. The third kappa shape index (κ3) is 2.74. The number of hydrogen-bond donors (Lipinski definition) is 0. The summed E-state index contributed by atoms with van der Waals surface area (Å²) in [6.07, 6.45) is -0.243. The van der Waals surface area contributed by atoms with Crippen LogP contribution in [0.2, 0.25) is 5.02 Å². The molecule has 0 aromatic heterocycles. The molecule has 0 unspecified atom stereocenters. The Hall–Kier alpha value is -1.14. The lowest BCUT2D eigenvalue weighted by Gasteiger charge is -2.34. The fourth-order valence-corrected chi connectivity index (χ4v) is 5.11. The summed E-state index contributed by atoms with van der Waals surface area (Å²) in [5.74, 6) is 0. The number of sulfonamides is 1. The molecule has 6 heteroatoms. The number of hydrogen-bond acceptors (Lipinski definition) is 3. The number of fused-ring (bicyclic) bond motifs is 1. The molecule has 0 spiro atoms. The van der Waals surface area contributed by atoms with Gasteiger partial charge in [0.25, 0.3) is 0 Å². The van der Waals surface area contributed by atoms with Gasteiger partial charge in [-0.3, -0.25) is 0 Å². The van der Waals surface area contributed by atoms with Crippen LogP contribution in [0.5, 0.6) is 0 Å². The van der Waals surface area contributed by atoms with Crippen LogP contribution in [-0.2, 0) is 14.8 Å². The van der Waals surface area contributed by atoms with Crippen molar-refractivity contribution < 1.29 is 13.2 Å². The van der Waals surface area contributed by atoms with Gasteiger partial charge in [-0.2, -0.15) is 4.31 Å². The molecule has 1 saturated heterocycles. The minimum atomic E-state index is -3.61. The number of nitrogens with zero attached hydrogens (tertiary/aromatic N) is 1. The van der Waals surface area contributed by atoms with Gasteiger partial charge in [0.15, 0.2) is 0 Å². The summed E-state index contributed by atoms with van der Waals surface area (Å²) in [4.78, 5) is 0.261. The van der Waals surface area contributed by atoms with Crippen LogP contribution in [0.25, 0.3) is 10.8 Å². The highest BCUT2D eigenvalue weighted by Crippen LogP contribution is 2.32. The maximum absolute atomic E-state index is 13.1. The standard InChI is InChI=1S/C16H18ClNO3S/c1-11-9-18(10-12(2)21-11)22(19,20)15-8-4-6-13-5-3-7-14(17)16(13)15/h3-8,11-12H,9-10H2,1-2H3/t11-,12+. The Balaban J connectivity index is 2.14. The summed E-state index contributed by atoms with van der Waals surface area (Å²) in [5, 5.41) is 1.85. The van der Waals surface area contributed by atoms with Crippen LogP contribution in [0.1, 0.15) is 13.8 Å². The lowest BCUT2D eigenvalue weighted by molar-refractivity contribution is -0.0440. The van der Waals surface area contributed by atoms with E-state index in [0.717, 1.165) is 5.39 Å². The van der Waals surface area contributed by atoms with Crippen molar-refractivity contribution in [2.24, 2.45) is 0 Å². The molecular formula is C16H18ClNO3S. The van der Waals surface area contributed by atoms with Crippen LogP contribution in [0.15, 0.2) is 41.3 Å². The molecule has 3 rings (SSSR count). The molecule has 1 aliphatic rings. The maximum Gasteiger partial charge on any atom is 0.243 e. The Kier molecular flexibility index (Phi) is 4.16. The van der Waals surface area contributed by atoms with E-state index in [-0.39, 0.29) is 17.1 Å². The predicted octanol–water partition coefficient (Wildman–Crippen LogP) is 3.29. The molecule has 22 heavy (non-hydrogen) atoms. The third-order valence-electron chi connectivity index (χ3n) is 3.82. The van der Waals surface area contributed by atoms with Gasteiger partial charge in [-0.05, 0) is 31.4 Å². The maximum atomic E-state index is 13.1. The first-order valence-electron chi connectivity index (χ1n) is 7.22. The molecule has 1 aliphatic heterocycles. The van der Waals surface area contributed by atoms with Crippen molar-refractivity contribution in [3.8, 4) is 0 Å². The Labute approximate surface area is 135 Å². The third-order valence-corrected chi connectivity index (χ3v) is 6.01. The fourth-order valence-electron chi connectivity index (χ4n) is 2.94. The highest BCUT2D eigenvalue weighted by atomic mass is 35.5. The van der Waals surface area contributed by atoms with Gasteiger partial charge in [0, 0.05) is 23.5 Å². The molecule has 0 amide bonds. The molecule has 118 valence electrons. The lowest BCUT2D eigenvalue weighted by atomic mass is 10.1. The van der Waals surface area contributed by atoms with Crippen LogP contribution >= 0.6 is 11.6 Å². The fraction of sp³-hybridized carbons (Fsp3) is 0.375. The first kappa shape index (κ1) is 15.7. The minimum absolute atomic E-state index is 0.121. The smallest absolute Gasteiger partial charge is 0.243 e. The van der Waals surface area contributed by atoms with Crippen molar-refractivity contribution in [1.29, 1.82) is 0 Å². The average molecular weight is 340 g/mol. The molecule has 4 nitrogen and oxygen atoms in total. The van der Waals surface area contributed by atoms with E-state index in [9.17, 15) is 8.42 Å². The van der Waals surface area contributed by atoms with Gasteiger partial charge >= 0.3 is 0 Å². The van der Waals surface area contributed by atoms with E-state index in [1.54, 1.807) is 18.2 Å². The van der Waals surface area contributed by atoms with Gasteiger partial charge in [-0.25, -0.2) is 8.42 Å². The van der Waals surface area contributed by atoms with E-state index >= 15 is 0 Å². The number of benzene rings is 2. The van der Waals surface area contributed by atoms with Crippen LogP contribution in [-0.4, -0.2) is 38.0 Å². The van der Waals surface area contributed by atoms with E-state index in [1.165, 1.54) is 4.31 Å². The van der Waals surface area contributed by atoms with E-state index in [1.807, 2.05) is 32.0 Å². The van der Waals surface area contributed by atoms with Gasteiger partial charge < -0.3 is 4.74 Å². The van der Waals surface area contributed by atoms with Gasteiger partial charge in [0.1, 0.15) is 0 Å². The minimum Gasteiger partial charge on any atom is -0.373 e. The van der Waals surface area contributed by atoms with Crippen LogP contribution in [0, 0.1) is 0 Å². The molecule has 0 aliphatic carbocycles. The van der Waals surface area contributed by atoms with Crippen molar-refractivity contribution >= 4 is 32.4 Å². The van der Waals surface area contributed by atoms with Crippen LogP contribution in [0.4, 0.5) is 0 Å². The lowest BCUT2D eigenvalue weighted by Crippen LogP contribution is -2.48. The van der Waals surface area contributed by atoms with Gasteiger partial charge in [0.2, 0.25) is 10.0 Å². The van der Waals surface area contributed by atoms with Gasteiger partial charge in [0.05, 0.1) is 17.1 Å². The highest BCUT2D eigenvalue weighted by molar-refractivity contribution is 7.89. The van der Waals surface area contributed by atoms with Crippen molar-refractivity contribution in [2.75, 3.05) is 13.1 Å². The highest BCUT2D eigenvalue weighted by Gasteiger charge is 2.33. The van der Waals surface area contributed by atoms with Crippen molar-refractivity contribution in [3.63, 3.8) is 0 Å². The zero-order valence-corrected chi connectivity index (χ0v) is 14.1. The first-order valence-corrected chi connectivity index (χ1v) is 9.04. The zero-order chi connectivity index (χ0) is 15.9. The molecule has 2 atom stereocenters. The molecule has 1 heterocycles. The molecular weight excluding hydrogens is 322 g/mol. The van der Waals surface area contributed by atoms with E-state index < -0.39 is 10.0 Å². The SMILES string of the molecule is C[C@@H]1CN(S(=O)(=O)c2cccc3cccc(Cl)c23)C[C@H](C)O1. The molecule has 1 fully saturated rings. The summed E-state index contributed by atoms with van der Waals surface area (Å²) in [6.45, 7) is 4.48. The Bertz CT molecular complexity index is 791. The van der Waals surface area contributed by atoms with Crippen molar-refractivity contribution in [2.45, 2.75) is 31.0 Å². The first-order chi connectivity index (χ1) is 10.4. The van der Waals surface area contributed by atoms with Crippen molar-refractivity contribution in [3.05, 3.63) is 41.4 Å². The predicted molar refractivity (Wildman–Crippen MR) is 87.7 cm³/mol. The summed E-state index contributed by atoms with van der Waals surface area (Å²) in [5.41, 5.74) is 0. The largest absolute Gasteiger partial charge is 0.373 e. The topological polar surface area (TPSA) is 46.6 Å². The Morgan fingerprint density at radius 3 is 2.32 bits per heavy atom. The molecule has 0 radical (unpaired) electrons. The Morgan fingerprint density at radius 1 is 1.09 bits per heavy atom. The van der Waals surface area contributed by atoms with Crippen LogP contribution in [0.3, 0.4) is 0 Å². The number of morpholine rings is 1. The molecule has 0 saturated carbocycles. The van der Waals surface area contributed by atoms with Gasteiger partial charge in [-0.15, -0.1) is 0 Å². The van der Waals surface area contributed by atoms with E-state index in [0.29, 0.717) is 23.5 Å². The summed E-state index contributed by atoms with van der Waals surface area (Å²) >= 11 is 6.26. The van der Waals surface area contributed by atoms with E-state index in [2.05, 4.69) is 0 Å².